The Kier molecular flexibility index (Phi) is 24.2. The predicted molar refractivity (Wildman–Crippen MR) is 136 cm³/mol. The zero-order valence-electron chi connectivity index (χ0n) is 21.7. The van der Waals surface area contributed by atoms with E-state index in [9.17, 15) is 14.7 Å². The average Bonchev–Trinajstić information content (AvgIpc) is 2.82. The summed E-state index contributed by atoms with van der Waals surface area (Å²) in [7, 11) is 0. The van der Waals surface area contributed by atoms with Gasteiger partial charge in [-0.3, -0.25) is 9.59 Å². The molecule has 0 aliphatic carbocycles. The molecule has 0 rings (SSSR count). The van der Waals surface area contributed by atoms with Crippen LogP contribution in [0.5, 0.6) is 0 Å². The topological polar surface area (TPSA) is 72.8 Å². The van der Waals surface area contributed by atoms with Crippen LogP contribution in [0.1, 0.15) is 136 Å². The highest BCUT2D eigenvalue weighted by Crippen LogP contribution is 2.12. The van der Waals surface area contributed by atoms with Crippen LogP contribution in [0.15, 0.2) is 12.2 Å². The predicted octanol–water partition coefficient (Wildman–Crippen LogP) is 7.44. The van der Waals surface area contributed by atoms with E-state index >= 15 is 0 Å². The summed E-state index contributed by atoms with van der Waals surface area (Å²) < 4.78 is 10.3. The van der Waals surface area contributed by atoms with E-state index in [-0.39, 0.29) is 25.2 Å². The van der Waals surface area contributed by atoms with Crippen molar-refractivity contribution >= 4 is 11.9 Å². The summed E-state index contributed by atoms with van der Waals surface area (Å²) in [6.45, 7) is 3.86. The number of rotatable bonds is 24. The Bertz CT molecular complexity index is 475. The minimum absolute atomic E-state index is 0.0704. The van der Waals surface area contributed by atoms with Gasteiger partial charge >= 0.3 is 11.9 Å². The maximum atomic E-state index is 11.9. The Balaban J connectivity index is 3.48. The summed E-state index contributed by atoms with van der Waals surface area (Å²) >= 11 is 0. The van der Waals surface area contributed by atoms with Gasteiger partial charge in [0.1, 0.15) is 6.61 Å². The number of carbonyl (C=O) groups excluding carboxylic acids is 2. The molecule has 0 fully saturated rings. The first-order chi connectivity index (χ1) is 16.1. The zero-order chi connectivity index (χ0) is 24.4. The number of ether oxygens (including phenoxy) is 2. The van der Waals surface area contributed by atoms with Gasteiger partial charge in [0.2, 0.25) is 0 Å². The van der Waals surface area contributed by atoms with E-state index < -0.39 is 6.10 Å². The molecule has 0 saturated carbocycles. The minimum Gasteiger partial charge on any atom is -0.462 e. The lowest BCUT2D eigenvalue weighted by Crippen LogP contribution is -2.28. The molecule has 0 bridgehead atoms. The third-order valence-electron chi connectivity index (χ3n) is 5.81. The van der Waals surface area contributed by atoms with E-state index in [4.69, 9.17) is 9.47 Å². The summed E-state index contributed by atoms with van der Waals surface area (Å²) in [6.07, 6.45) is 24.9. The van der Waals surface area contributed by atoms with Gasteiger partial charge in [0, 0.05) is 12.8 Å². The van der Waals surface area contributed by atoms with Crippen LogP contribution in [0.4, 0.5) is 0 Å². The molecule has 0 aromatic heterocycles. The number of allylic oxidation sites excluding steroid dienone is 2. The van der Waals surface area contributed by atoms with E-state index in [1.807, 2.05) is 6.92 Å². The van der Waals surface area contributed by atoms with Crippen molar-refractivity contribution in [1.82, 2.24) is 0 Å². The lowest BCUT2D eigenvalue weighted by Gasteiger charge is -2.15. The summed E-state index contributed by atoms with van der Waals surface area (Å²) in [5, 5.41) is 9.31. The molecular formula is C28H52O5. The number of hydrogen-bond donors (Lipinski definition) is 1. The number of aliphatic hydroxyl groups is 1. The second kappa shape index (κ2) is 25.3. The van der Waals surface area contributed by atoms with Gasteiger partial charge in [0.25, 0.3) is 0 Å². The quantitative estimate of drug-likeness (QED) is 0.0905. The number of aliphatic hydroxyl groups excluding tert-OH is 1. The highest BCUT2D eigenvalue weighted by atomic mass is 16.6. The van der Waals surface area contributed by atoms with Crippen molar-refractivity contribution in [2.75, 3.05) is 13.2 Å². The van der Waals surface area contributed by atoms with Crippen LogP contribution in [0.3, 0.4) is 0 Å². The van der Waals surface area contributed by atoms with Crippen LogP contribution >= 0.6 is 0 Å². The number of carbonyl (C=O) groups is 2. The fourth-order valence-electron chi connectivity index (χ4n) is 3.64. The number of esters is 2. The molecule has 5 nitrogen and oxygen atoms in total. The largest absolute Gasteiger partial charge is 0.462 e. The first-order valence-corrected chi connectivity index (χ1v) is 13.7. The molecule has 1 atom stereocenters. The smallest absolute Gasteiger partial charge is 0.306 e. The number of hydrogen-bond acceptors (Lipinski definition) is 5. The van der Waals surface area contributed by atoms with Crippen LogP contribution in [-0.4, -0.2) is 36.4 Å². The fourth-order valence-corrected chi connectivity index (χ4v) is 3.64. The Labute approximate surface area is 203 Å². The number of unbranched alkanes of at least 4 members (excludes halogenated alkanes) is 14. The van der Waals surface area contributed by atoms with Crippen LogP contribution in [0, 0.1) is 0 Å². The van der Waals surface area contributed by atoms with Crippen LogP contribution in [0.25, 0.3) is 0 Å². The SMILES string of the molecule is CCCCCCCC/C=C\CCCCCCCCCC(=O)OC(CO)COC(=O)CCCC. The first kappa shape index (κ1) is 31.6. The van der Waals surface area contributed by atoms with Crippen molar-refractivity contribution in [3.63, 3.8) is 0 Å². The monoisotopic (exact) mass is 468 g/mol. The van der Waals surface area contributed by atoms with Crippen molar-refractivity contribution in [1.29, 1.82) is 0 Å². The van der Waals surface area contributed by atoms with Gasteiger partial charge in [-0.25, -0.2) is 0 Å². The minimum atomic E-state index is -0.761. The van der Waals surface area contributed by atoms with E-state index in [1.165, 1.54) is 77.0 Å². The summed E-state index contributed by atoms with van der Waals surface area (Å²) in [5.74, 6) is -0.637. The Morgan fingerprint density at radius 1 is 0.667 bits per heavy atom. The van der Waals surface area contributed by atoms with E-state index in [0.29, 0.717) is 12.8 Å². The molecule has 0 heterocycles. The van der Waals surface area contributed by atoms with Crippen molar-refractivity contribution in [3.05, 3.63) is 12.2 Å². The molecule has 194 valence electrons. The molecule has 0 saturated heterocycles. The van der Waals surface area contributed by atoms with Crippen molar-refractivity contribution in [2.45, 2.75) is 142 Å². The van der Waals surface area contributed by atoms with Gasteiger partial charge < -0.3 is 14.6 Å². The lowest BCUT2D eigenvalue weighted by molar-refractivity contribution is -0.161. The molecule has 0 aliphatic heterocycles. The summed E-state index contributed by atoms with van der Waals surface area (Å²) in [5.41, 5.74) is 0. The molecule has 33 heavy (non-hydrogen) atoms. The van der Waals surface area contributed by atoms with Crippen LogP contribution in [-0.2, 0) is 19.1 Å². The van der Waals surface area contributed by atoms with E-state index in [2.05, 4.69) is 19.1 Å². The Morgan fingerprint density at radius 2 is 1.15 bits per heavy atom. The van der Waals surface area contributed by atoms with Gasteiger partial charge in [-0.2, -0.15) is 0 Å². The van der Waals surface area contributed by atoms with Crippen molar-refractivity contribution < 1.29 is 24.2 Å². The molecule has 1 N–H and O–H groups in total. The molecule has 0 aromatic carbocycles. The second-order valence-electron chi connectivity index (χ2n) is 9.12. The first-order valence-electron chi connectivity index (χ1n) is 13.7. The standard InChI is InChI=1S/C28H52O5/c1-3-5-7-8-9-10-11-12-13-14-15-16-17-18-19-20-21-23-28(31)33-26(24-29)25-32-27(30)22-6-4-2/h12-13,26,29H,3-11,14-25H2,1-2H3/b13-12-. The third kappa shape index (κ3) is 23.6. The van der Waals surface area contributed by atoms with Crippen molar-refractivity contribution in [3.8, 4) is 0 Å². The zero-order valence-corrected chi connectivity index (χ0v) is 21.7. The van der Waals surface area contributed by atoms with Gasteiger partial charge in [0.05, 0.1) is 6.61 Å². The molecule has 0 aliphatic rings. The Hall–Kier alpha value is -1.36. The lowest BCUT2D eigenvalue weighted by atomic mass is 10.1. The average molecular weight is 469 g/mol. The highest BCUT2D eigenvalue weighted by Gasteiger charge is 2.15. The molecule has 0 radical (unpaired) electrons. The second-order valence-corrected chi connectivity index (χ2v) is 9.12. The highest BCUT2D eigenvalue weighted by molar-refractivity contribution is 5.70. The molecule has 5 heteroatoms. The molecule has 0 amide bonds. The molecule has 0 spiro atoms. The molecule has 1 unspecified atom stereocenters. The molecular weight excluding hydrogens is 416 g/mol. The summed E-state index contributed by atoms with van der Waals surface area (Å²) in [6, 6.07) is 0. The van der Waals surface area contributed by atoms with E-state index in [0.717, 1.165) is 32.1 Å². The van der Waals surface area contributed by atoms with E-state index in [1.54, 1.807) is 0 Å². The third-order valence-corrected chi connectivity index (χ3v) is 5.81. The molecule has 0 aromatic rings. The van der Waals surface area contributed by atoms with Gasteiger partial charge in [-0.1, -0.05) is 96.6 Å². The maximum Gasteiger partial charge on any atom is 0.306 e. The van der Waals surface area contributed by atoms with Gasteiger partial charge in [-0.05, 0) is 38.5 Å². The van der Waals surface area contributed by atoms with Gasteiger partial charge in [-0.15, -0.1) is 0 Å². The normalized spacial score (nSPS) is 12.2. The Morgan fingerprint density at radius 3 is 1.70 bits per heavy atom. The summed E-state index contributed by atoms with van der Waals surface area (Å²) in [4.78, 5) is 23.4. The maximum absolute atomic E-state index is 11.9. The van der Waals surface area contributed by atoms with Crippen LogP contribution < -0.4 is 0 Å². The van der Waals surface area contributed by atoms with Gasteiger partial charge in [0.15, 0.2) is 6.10 Å². The fraction of sp³-hybridized carbons (Fsp3) is 0.857. The van der Waals surface area contributed by atoms with Crippen molar-refractivity contribution in [2.24, 2.45) is 0 Å². The van der Waals surface area contributed by atoms with Crippen LogP contribution in [0.2, 0.25) is 0 Å².